The molecule has 9 heteroatoms. The summed E-state index contributed by atoms with van der Waals surface area (Å²) in [7, 11) is 1.62. The largest absolute Gasteiger partial charge is 1.00 e. The number of quaternary nitrogens is 1. The maximum Gasteiger partial charge on any atom is 0.233 e. The van der Waals surface area contributed by atoms with Gasteiger partial charge in [0, 0.05) is 30.9 Å². The molecule has 0 radical (unpaired) electrons. The minimum Gasteiger partial charge on any atom is -1.00 e. The number of fused-ring (bicyclic) bond motifs is 3. The topological polar surface area (TPSA) is 62.2 Å². The normalized spacial score (nSPS) is 23.6. The zero-order valence-electron chi connectivity index (χ0n) is 27.3. The molecular formula is C39H43BrFN3O4. The van der Waals surface area contributed by atoms with E-state index in [9.17, 15) is 14.3 Å². The number of β-lactam (4-membered cyclic amide) rings is 1. The Hall–Kier alpha value is -3.76. The van der Waals surface area contributed by atoms with Crippen molar-refractivity contribution in [3.63, 3.8) is 0 Å². The third-order valence-electron chi connectivity index (χ3n) is 10.4. The van der Waals surface area contributed by atoms with Gasteiger partial charge in [-0.05, 0) is 78.1 Å². The highest BCUT2D eigenvalue weighted by Crippen LogP contribution is 2.46. The number of nitrogens with zero attached hydrogens (tertiary/aromatic N) is 3. The highest BCUT2D eigenvalue weighted by atomic mass is 79.9. The number of carbonyl (C=O) groups excluding carboxylic acids is 1. The Labute approximate surface area is 292 Å². The van der Waals surface area contributed by atoms with Gasteiger partial charge in [0.15, 0.2) is 0 Å². The lowest BCUT2D eigenvalue weighted by atomic mass is 9.78. The van der Waals surface area contributed by atoms with Crippen molar-refractivity contribution in [3.05, 3.63) is 125 Å². The van der Waals surface area contributed by atoms with Crippen LogP contribution in [0.4, 0.5) is 10.1 Å². The van der Waals surface area contributed by atoms with Crippen LogP contribution in [0.15, 0.2) is 97.1 Å². The summed E-state index contributed by atoms with van der Waals surface area (Å²) in [6, 6.07) is 29.9. The number of carbonyl (C=O) groups is 1. The average molecular weight is 717 g/mol. The van der Waals surface area contributed by atoms with Gasteiger partial charge in [-0.25, -0.2) is 4.39 Å². The first-order valence-corrected chi connectivity index (χ1v) is 16.7. The summed E-state index contributed by atoms with van der Waals surface area (Å²) in [5, 5.41) is 11.1. The molecular weight excluding hydrogens is 673 g/mol. The van der Waals surface area contributed by atoms with Crippen LogP contribution in [0.1, 0.15) is 47.2 Å². The van der Waals surface area contributed by atoms with E-state index in [0.717, 1.165) is 34.7 Å². The monoisotopic (exact) mass is 715 g/mol. The number of piperazine rings is 3. The van der Waals surface area contributed by atoms with E-state index < -0.39 is 6.10 Å². The molecule has 4 aliphatic heterocycles. The van der Waals surface area contributed by atoms with Gasteiger partial charge in [-0.2, -0.15) is 0 Å². The average Bonchev–Trinajstić information content (AvgIpc) is 3.12. The van der Waals surface area contributed by atoms with Gasteiger partial charge >= 0.3 is 0 Å². The van der Waals surface area contributed by atoms with E-state index in [1.54, 1.807) is 24.1 Å². The number of ether oxygens (including phenoxy) is 2. The zero-order valence-corrected chi connectivity index (χ0v) is 28.9. The van der Waals surface area contributed by atoms with E-state index >= 15 is 0 Å². The fourth-order valence-electron chi connectivity index (χ4n) is 7.46. The smallest absolute Gasteiger partial charge is 0.233 e. The standard InChI is InChI=1S/C39H43FN3O4.BrH/c1-46-34-14-8-31(9-15-34)38-36(39(45)42(38)33-12-10-32(40)11-13-33)18-19-37(44)30-6-16-35(17-7-30)47-27-29-4-2-28(3-5-29)26-43-23-20-41(21-24-43)22-25-43;/h2-17,36-38,44H,18-27H2,1H3;1H/q+1;/p-1. The van der Waals surface area contributed by atoms with Crippen molar-refractivity contribution in [1.82, 2.24) is 4.90 Å². The van der Waals surface area contributed by atoms with Crippen molar-refractivity contribution in [1.29, 1.82) is 0 Å². The number of amides is 1. The molecule has 3 atom stereocenters. The van der Waals surface area contributed by atoms with Crippen molar-refractivity contribution < 1.29 is 45.2 Å². The van der Waals surface area contributed by atoms with Gasteiger partial charge in [0.05, 0.1) is 44.8 Å². The van der Waals surface area contributed by atoms with Crippen molar-refractivity contribution in [2.75, 3.05) is 51.3 Å². The van der Waals surface area contributed by atoms with Crippen molar-refractivity contribution in [2.24, 2.45) is 5.92 Å². The summed E-state index contributed by atoms with van der Waals surface area (Å²) in [6.07, 6.45) is 0.238. The molecule has 0 saturated carbocycles. The molecule has 3 unspecified atom stereocenters. The van der Waals surface area contributed by atoms with E-state index in [1.807, 2.05) is 48.5 Å². The van der Waals surface area contributed by atoms with Crippen LogP contribution in [0, 0.1) is 11.7 Å². The molecule has 252 valence electrons. The van der Waals surface area contributed by atoms with Gasteiger partial charge in [-0.3, -0.25) is 9.69 Å². The molecule has 2 bridgehead atoms. The summed E-state index contributed by atoms with van der Waals surface area (Å²) in [6.45, 7) is 9.05. The molecule has 4 aromatic rings. The third kappa shape index (κ3) is 7.29. The van der Waals surface area contributed by atoms with Crippen LogP contribution in [0.2, 0.25) is 0 Å². The fourth-order valence-corrected chi connectivity index (χ4v) is 7.46. The molecule has 0 aromatic heterocycles. The van der Waals surface area contributed by atoms with Gasteiger partial charge < -0.3 is 40.9 Å². The van der Waals surface area contributed by atoms with Gasteiger partial charge in [0.2, 0.25) is 5.91 Å². The lowest BCUT2D eigenvalue weighted by Crippen LogP contribution is -3.00. The molecule has 0 aliphatic carbocycles. The minimum absolute atomic E-state index is 0. The first kappa shape index (κ1) is 34.1. The summed E-state index contributed by atoms with van der Waals surface area (Å²) in [4.78, 5) is 17.7. The first-order chi connectivity index (χ1) is 22.9. The Morgan fingerprint density at radius 3 is 2.06 bits per heavy atom. The molecule has 8 rings (SSSR count). The molecule has 4 saturated heterocycles. The molecule has 1 N–H and O–H groups in total. The quantitative estimate of drug-likeness (QED) is 0.180. The summed E-state index contributed by atoms with van der Waals surface area (Å²) in [5.74, 6) is 0.810. The number of methoxy groups -OCH3 is 1. The molecule has 1 amide bonds. The molecule has 0 spiro atoms. The molecule has 48 heavy (non-hydrogen) atoms. The van der Waals surface area contributed by atoms with E-state index in [2.05, 4.69) is 29.2 Å². The predicted octanol–water partition coefficient (Wildman–Crippen LogP) is 3.28. The van der Waals surface area contributed by atoms with Gasteiger partial charge in [-0.15, -0.1) is 0 Å². The molecule has 4 fully saturated rings. The van der Waals surface area contributed by atoms with Crippen LogP contribution < -0.4 is 31.4 Å². The van der Waals surface area contributed by atoms with Crippen LogP contribution in [-0.2, 0) is 17.9 Å². The van der Waals surface area contributed by atoms with E-state index in [0.29, 0.717) is 25.1 Å². The Kier molecular flexibility index (Phi) is 10.5. The predicted molar refractivity (Wildman–Crippen MR) is 180 cm³/mol. The second-order valence-corrected chi connectivity index (χ2v) is 13.3. The van der Waals surface area contributed by atoms with E-state index in [4.69, 9.17) is 9.47 Å². The van der Waals surface area contributed by atoms with E-state index in [1.165, 1.54) is 61.4 Å². The van der Waals surface area contributed by atoms with Gasteiger partial charge in [0.1, 0.15) is 30.5 Å². The zero-order chi connectivity index (χ0) is 32.4. The lowest BCUT2D eigenvalue weighted by Gasteiger charge is -2.50. The number of aliphatic hydroxyl groups excluding tert-OH is 1. The minimum atomic E-state index is -0.713. The Morgan fingerprint density at radius 2 is 1.44 bits per heavy atom. The Balaban J connectivity index is 0.00000401. The fraction of sp³-hybridized carbons (Fsp3) is 0.359. The number of rotatable bonds is 12. The maximum atomic E-state index is 13.6. The van der Waals surface area contributed by atoms with Crippen molar-refractivity contribution in [2.45, 2.75) is 38.1 Å². The highest BCUT2D eigenvalue weighted by molar-refractivity contribution is 6.03. The van der Waals surface area contributed by atoms with Crippen LogP contribution in [0.3, 0.4) is 0 Å². The Morgan fingerprint density at radius 1 is 0.833 bits per heavy atom. The molecule has 4 heterocycles. The summed E-state index contributed by atoms with van der Waals surface area (Å²) >= 11 is 0. The van der Waals surface area contributed by atoms with Crippen LogP contribution in [0.5, 0.6) is 11.5 Å². The second-order valence-electron chi connectivity index (χ2n) is 13.3. The van der Waals surface area contributed by atoms with Crippen LogP contribution >= 0.6 is 0 Å². The Bertz CT molecular complexity index is 1650. The second kappa shape index (κ2) is 14.8. The number of benzene rings is 4. The van der Waals surface area contributed by atoms with Gasteiger partial charge in [-0.1, -0.05) is 48.5 Å². The maximum absolute atomic E-state index is 13.6. The molecule has 7 nitrogen and oxygen atoms in total. The molecule has 4 aliphatic rings. The van der Waals surface area contributed by atoms with Crippen molar-refractivity contribution in [3.8, 4) is 11.5 Å². The SMILES string of the molecule is COc1ccc(C2C(CCC(O)c3ccc(OCc4ccc(C[N+]56CCN(CC5)CC6)cc4)cc3)C(=O)N2c2ccc(F)cc2)cc1.[Br-]. The highest BCUT2D eigenvalue weighted by Gasteiger charge is 2.48. The lowest BCUT2D eigenvalue weighted by molar-refractivity contribution is -0.953. The number of hydrogen-bond donors (Lipinski definition) is 1. The molecule has 4 aromatic carbocycles. The van der Waals surface area contributed by atoms with Crippen LogP contribution in [-0.4, -0.2) is 66.8 Å². The summed E-state index contributed by atoms with van der Waals surface area (Å²) < 4.78 is 26.2. The number of hydrogen-bond acceptors (Lipinski definition) is 5. The first-order valence-electron chi connectivity index (χ1n) is 16.7. The van der Waals surface area contributed by atoms with E-state index in [-0.39, 0.29) is 40.7 Å². The number of aliphatic hydroxyl groups is 1. The number of anilines is 1. The van der Waals surface area contributed by atoms with Gasteiger partial charge in [0.25, 0.3) is 0 Å². The summed E-state index contributed by atoms with van der Waals surface area (Å²) in [5.41, 5.74) is 4.94. The van der Waals surface area contributed by atoms with Crippen LogP contribution in [0.25, 0.3) is 0 Å². The number of halogens is 2. The third-order valence-corrected chi connectivity index (χ3v) is 10.4. The van der Waals surface area contributed by atoms with Crippen molar-refractivity contribution >= 4 is 11.6 Å².